The fourth-order valence-electron chi connectivity index (χ4n) is 4.40. The van der Waals surface area contributed by atoms with Gasteiger partial charge in [-0.2, -0.15) is 5.26 Å². The maximum Gasteiger partial charge on any atom is 0.270 e. The molecule has 1 fully saturated rings. The van der Waals surface area contributed by atoms with E-state index in [4.69, 9.17) is 28.6 Å². The second-order valence-corrected chi connectivity index (χ2v) is 10.3. The lowest BCUT2D eigenvalue weighted by atomic mass is 10.1. The minimum absolute atomic E-state index is 0.197. The van der Waals surface area contributed by atoms with E-state index in [-0.39, 0.29) is 5.91 Å². The number of nitrogens with zero attached hydrogens (tertiary/aromatic N) is 3. The molecule has 0 radical (unpaired) electrons. The molecule has 1 saturated heterocycles. The van der Waals surface area contributed by atoms with Gasteiger partial charge in [-0.15, -0.1) is 0 Å². The Balaban J connectivity index is 1.56. The highest BCUT2D eigenvalue weighted by Gasteiger charge is 2.34. The predicted octanol–water partition coefficient (Wildman–Crippen LogP) is 6.94. The van der Waals surface area contributed by atoms with Crippen LogP contribution in [0.2, 0.25) is 5.02 Å². The summed E-state index contributed by atoms with van der Waals surface area (Å²) in [6.45, 7) is 2.58. The van der Waals surface area contributed by atoms with Gasteiger partial charge in [0.1, 0.15) is 5.75 Å². The molecule has 1 aromatic heterocycles. The molecular formula is C28H20ClN3O2S2. The van der Waals surface area contributed by atoms with Crippen molar-refractivity contribution >= 4 is 68.5 Å². The Morgan fingerprint density at radius 1 is 1.14 bits per heavy atom. The maximum atomic E-state index is 13.4. The third-order valence-corrected chi connectivity index (χ3v) is 7.81. The number of carbonyl (C=O) groups excluding carboxylic acids is 1. The Morgan fingerprint density at radius 2 is 1.89 bits per heavy atom. The number of rotatable bonds is 5. The molecule has 0 aliphatic carbocycles. The molecule has 0 saturated carbocycles. The van der Waals surface area contributed by atoms with E-state index in [9.17, 15) is 10.1 Å². The van der Waals surface area contributed by atoms with Gasteiger partial charge in [0.2, 0.25) is 0 Å². The van der Waals surface area contributed by atoms with Crippen molar-refractivity contribution in [3.63, 3.8) is 0 Å². The lowest BCUT2D eigenvalue weighted by Crippen LogP contribution is -2.27. The molecule has 0 bridgehead atoms. The van der Waals surface area contributed by atoms with Gasteiger partial charge in [-0.25, -0.2) is 0 Å². The summed E-state index contributed by atoms with van der Waals surface area (Å²) in [5.41, 5.74) is 5.17. The van der Waals surface area contributed by atoms with Crippen LogP contribution in [0.5, 0.6) is 5.75 Å². The van der Waals surface area contributed by atoms with E-state index in [1.54, 1.807) is 25.3 Å². The number of benzene rings is 3. The van der Waals surface area contributed by atoms with Crippen LogP contribution in [0, 0.1) is 18.3 Å². The van der Waals surface area contributed by atoms with Crippen LogP contribution in [0.3, 0.4) is 0 Å². The monoisotopic (exact) mass is 529 g/mol. The zero-order valence-corrected chi connectivity index (χ0v) is 21.9. The van der Waals surface area contributed by atoms with Crippen molar-refractivity contribution in [2.75, 3.05) is 12.0 Å². The third-order valence-electron chi connectivity index (χ3n) is 6.21. The number of anilines is 1. The number of thiocarbonyl (C=S) groups is 1. The summed E-state index contributed by atoms with van der Waals surface area (Å²) in [6, 6.07) is 23.1. The number of methoxy groups -OCH3 is 1. The summed E-state index contributed by atoms with van der Waals surface area (Å²) in [6.07, 6.45) is 1.91. The van der Waals surface area contributed by atoms with E-state index in [0.717, 1.165) is 27.7 Å². The Bertz CT molecular complexity index is 1620. The van der Waals surface area contributed by atoms with Gasteiger partial charge >= 0.3 is 0 Å². The number of halogens is 1. The molecule has 3 aromatic carbocycles. The zero-order chi connectivity index (χ0) is 25.4. The summed E-state index contributed by atoms with van der Waals surface area (Å²) in [4.78, 5) is 15.5. The highest BCUT2D eigenvalue weighted by Crippen LogP contribution is 2.40. The SMILES string of the molecule is COc1ccc(N2C(=O)/C(=C/c3c(C)n(Cc4ccccc4C#N)c4ccccc34)SC2=S)cc1Cl. The number of ether oxygens (including phenoxy) is 1. The number of amides is 1. The summed E-state index contributed by atoms with van der Waals surface area (Å²) < 4.78 is 7.85. The van der Waals surface area contributed by atoms with Crippen LogP contribution < -0.4 is 9.64 Å². The number of thioether (sulfide) groups is 1. The number of fused-ring (bicyclic) bond motifs is 1. The molecule has 5 nitrogen and oxygen atoms in total. The van der Waals surface area contributed by atoms with Gasteiger partial charge in [0.15, 0.2) is 4.32 Å². The first-order chi connectivity index (χ1) is 17.4. The maximum absolute atomic E-state index is 13.4. The molecule has 36 heavy (non-hydrogen) atoms. The smallest absolute Gasteiger partial charge is 0.270 e. The van der Waals surface area contributed by atoms with Gasteiger partial charge in [-0.3, -0.25) is 9.69 Å². The lowest BCUT2D eigenvalue weighted by molar-refractivity contribution is -0.113. The van der Waals surface area contributed by atoms with Crippen LogP contribution in [0.15, 0.2) is 71.6 Å². The average Bonchev–Trinajstić information content (AvgIpc) is 3.31. The first kappa shape index (κ1) is 24.1. The van der Waals surface area contributed by atoms with Gasteiger partial charge in [-0.05, 0) is 48.9 Å². The highest BCUT2D eigenvalue weighted by molar-refractivity contribution is 8.27. The van der Waals surface area contributed by atoms with Crippen LogP contribution in [0.4, 0.5) is 5.69 Å². The fraction of sp³-hybridized carbons (Fsp3) is 0.107. The van der Waals surface area contributed by atoms with Crippen LogP contribution in [0.1, 0.15) is 22.4 Å². The number of nitriles is 1. The molecule has 1 amide bonds. The number of hydrogen-bond donors (Lipinski definition) is 0. The number of para-hydroxylation sites is 1. The Kier molecular flexibility index (Phi) is 6.59. The van der Waals surface area contributed by atoms with Crippen molar-refractivity contribution in [2.24, 2.45) is 0 Å². The van der Waals surface area contributed by atoms with Crippen LogP contribution in [-0.2, 0) is 11.3 Å². The molecule has 1 aliphatic rings. The number of aromatic nitrogens is 1. The van der Waals surface area contributed by atoms with Gasteiger partial charge < -0.3 is 9.30 Å². The summed E-state index contributed by atoms with van der Waals surface area (Å²) in [5.74, 6) is 0.333. The molecule has 0 spiro atoms. The van der Waals surface area contributed by atoms with Crippen molar-refractivity contribution in [2.45, 2.75) is 13.5 Å². The third kappa shape index (κ3) is 4.18. The van der Waals surface area contributed by atoms with E-state index in [0.29, 0.717) is 37.8 Å². The van der Waals surface area contributed by atoms with Crippen molar-refractivity contribution in [1.29, 1.82) is 5.26 Å². The molecule has 0 N–H and O–H groups in total. The topological polar surface area (TPSA) is 58.3 Å². The molecule has 0 atom stereocenters. The Hall–Kier alpha value is -3.57. The summed E-state index contributed by atoms with van der Waals surface area (Å²) in [5, 5.41) is 11.0. The largest absolute Gasteiger partial charge is 0.495 e. The van der Waals surface area contributed by atoms with Crippen molar-refractivity contribution in [3.8, 4) is 11.8 Å². The molecule has 1 aliphatic heterocycles. The highest BCUT2D eigenvalue weighted by atomic mass is 35.5. The Morgan fingerprint density at radius 3 is 2.64 bits per heavy atom. The van der Waals surface area contributed by atoms with Crippen LogP contribution in [0.25, 0.3) is 17.0 Å². The second kappa shape index (κ2) is 9.82. The van der Waals surface area contributed by atoms with E-state index in [1.807, 2.05) is 55.5 Å². The minimum Gasteiger partial charge on any atom is -0.495 e. The zero-order valence-electron chi connectivity index (χ0n) is 19.5. The predicted molar refractivity (Wildman–Crippen MR) is 151 cm³/mol. The van der Waals surface area contributed by atoms with Crippen molar-refractivity contribution < 1.29 is 9.53 Å². The second-order valence-electron chi connectivity index (χ2n) is 8.21. The molecule has 4 aromatic rings. The number of hydrogen-bond acceptors (Lipinski definition) is 5. The van der Waals surface area contributed by atoms with Gasteiger partial charge in [0.25, 0.3) is 5.91 Å². The van der Waals surface area contributed by atoms with Gasteiger partial charge in [0.05, 0.1) is 34.4 Å². The molecule has 8 heteroatoms. The summed E-state index contributed by atoms with van der Waals surface area (Å²) >= 11 is 13.1. The minimum atomic E-state index is -0.197. The normalized spacial score (nSPS) is 14.6. The van der Waals surface area contributed by atoms with Gasteiger partial charge in [-0.1, -0.05) is 72.0 Å². The van der Waals surface area contributed by atoms with E-state index in [2.05, 4.69) is 16.7 Å². The van der Waals surface area contributed by atoms with E-state index in [1.165, 1.54) is 16.7 Å². The van der Waals surface area contributed by atoms with Crippen LogP contribution >= 0.6 is 35.6 Å². The first-order valence-electron chi connectivity index (χ1n) is 11.1. The average molecular weight is 530 g/mol. The summed E-state index contributed by atoms with van der Waals surface area (Å²) in [7, 11) is 1.54. The fourth-order valence-corrected chi connectivity index (χ4v) is 5.93. The molecule has 2 heterocycles. The van der Waals surface area contributed by atoms with E-state index < -0.39 is 0 Å². The Labute approximate surface area is 223 Å². The lowest BCUT2D eigenvalue weighted by Gasteiger charge is -2.15. The number of carbonyl (C=O) groups is 1. The standard InChI is InChI=1S/C28H20ClN3O2S2/c1-17-22(14-26-27(33)32(28(35)36-26)20-11-12-25(34-2)23(29)13-20)21-9-5-6-10-24(21)31(17)16-19-8-4-3-7-18(19)15-30/h3-14H,16H2,1-2H3/b26-14-. The molecule has 5 rings (SSSR count). The first-order valence-corrected chi connectivity index (χ1v) is 12.7. The molecular weight excluding hydrogens is 510 g/mol. The molecule has 178 valence electrons. The van der Waals surface area contributed by atoms with Gasteiger partial charge in [0, 0.05) is 28.7 Å². The van der Waals surface area contributed by atoms with E-state index >= 15 is 0 Å². The van der Waals surface area contributed by atoms with Crippen molar-refractivity contribution in [3.05, 3.63) is 99.0 Å². The quantitative estimate of drug-likeness (QED) is 0.207. The molecule has 0 unspecified atom stereocenters. The van der Waals surface area contributed by atoms with Crippen LogP contribution in [-0.4, -0.2) is 21.9 Å². The van der Waals surface area contributed by atoms with Crippen molar-refractivity contribution in [1.82, 2.24) is 4.57 Å².